The molecule has 2 aliphatic heterocycles. The molecule has 2 fully saturated rings. The fraction of sp³-hybridized carbons (Fsp3) is 0.571. The Morgan fingerprint density at radius 2 is 2.05 bits per heavy atom. The van der Waals surface area contributed by atoms with Crippen LogP contribution in [0.15, 0.2) is 22.9 Å². The van der Waals surface area contributed by atoms with Gasteiger partial charge in [-0.25, -0.2) is 0 Å². The number of aromatic nitrogens is 1. The van der Waals surface area contributed by atoms with Crippen LogP contribution in [0, 0.1) is 18.3 Å². The smallest absolute Gasteiger partial charge is 0.310 e. The van der Waals surface area contributed by atoms with Gasteiger partial charge in [0, 0.05) is 42.2 Å². The zero-order valence-corrected chi connectivity index (χ0v) is 22.6. The van der Waals surface area contributed by atoms with Crippen molar-refractivity contribution < 1.29 is 28.8 Å². The number of likely N-dealkylation sites (tertiary alicyclic amines) is 1. The molecule has 1 saturated carbocycles. The second kappa shape index (κ2) is 10.6. The van der Waals surface area contributed by atoms with Crippen molar-refractivity contribution in [3.8, 4) is 5.75 Å². The minimum atomic E-state index is -1.12. The molecule has 38 heavy (non-hydrogen) atoms. The third kappa shape index (κ3) is 4.77. The van der Waals surface area contributed by atoms with Crippen molar-refractivity contribution >= 4 is 29.4 Å². The first-order valence-electron chi connectivity index (χ1n) is 13.4. The van der Waals surface area contributed by atoms with E-state index in [-0.39, 0.29) is 18.4 Å². The summed E-state index contributed by atoms with van der Waals surface area (Å²) in [5.74, 6) is -1.11. The van der Waals surface area contributed by atoms with Gasteiger partial charge in [0.05, 0.1) is 17.4 Å². The number of carboxylic acids is 1. The van der Waals surface area contributed by atoms with Gasteiger partial charge in [0.1, 0.15) is 24.3 Å². The van der Waals surface area contributed by atoms with E-state index in [2.05, 4.69) is 5.16 Å². The van der Waals surface area contributed by atoms with E-state index in [0.29, 0.717) is 61.8 Å². The van der Waals surface area contributed by atoms with Gasteiger partial charge in [0.15, 0.2) is 0 Å². The molecule has 0 unspecified atom stereocenters. The Morgan fingerprint density at radius 3 is 2.74 bits per heavy atom. The van der Waals surface area contributed by atoms with Crippen LogP contribution in [0.25, 0.3) is 0 Å². The van der Waals surface area contributed by atoms with Gasteiger partial charge >= 0.3 is 5.97 Å². The summed E-state index contributed by atoms with van der Waals surface area (Å²) in [7, 11) is 0. The number of carbonyl (C=O) groups excluding carboxylic acids is 2. The minimum absolute atomic E-state index is 0.0558. The Morgan fingerprint density at radius 1 is 1.24 bits per heavy atom. The van der Waals surface area contributed by atoms with E-state index in [4.69, 9.17) is 20.9 Å². The number of rotatable bonds is 7. The number of ether oxygens (including phenoxy) is 1. The van der Waals surface area contributed by atoms with E-state index in [1.807, 2.05) is 6.92 Å². The highest BCUT2D eigenvalue weighted by molar-refractivity contribution is 6.31. The van der Waals surface area contributed by atoms with Crippen LogP contribution in [-0.4, -0.2) is 57.5 Å². The van der Waals surface area contributed by atoms with Crippen LogP contribution in [-0.2, 0) is 27.4 Å². The van der Waals surface area contributed by atoms with E-state index >= 15 is 0 Å². The summed E-state index contributed by atoms with van der Waals surface area (Å²) < 4.78 is 11.3. The molecule has 9 nitrogen and oxygen atoms in total. The SMILES string of the molecule is Cc1conc1COc1ccc(Cl)c2c1[C@@H](CN1CCCC1=O)N(C(=O)[C@@H]1CCCC[C@]1(C)C(=O)O)CC2. The number of nitrogens with zero attached hydrogens (tertiary/aromatic N) is 3. The lowest BCUT2D eigenvalue weighted by atomic mass is 9.66. The molecule has 1 saturated heterocycles. The van der Waals surface area contributed by atoms with Crippen molar-refractivity contribution in [2.24, 2.45) is 11.3 Å². The number of aliphatic carboxylic acids is 1. The number of amides is 2. The highest BCUT2D eigenvalue weighted by Gasteiger charge is 2.50. The van der Waals surface area contributed by atoms with Gasteiger partial charge in [-0.15, -0.1) is 0 Å². The lowest BCUT2D eigenvalue weighted by Crippen LogP contribution is -2.52. The van der Waals surface area contributed by atoms with Crippen LogP contribution in [0.4, 0.5) is 0 Å². The molecule has 0 radical (unpaired) electrons. The first-order valence-corrected chi connectivity index (χ1v) is 13.7. The Balaban J connectivity index is 1.54. The summed E-state index contributed by atoms with van der Waals surface area (Å²) in [6, 6.07) is 3.09. The maximum absolute atomic E-state index is 14.2. The molecule has 1 N–H and O–H groups in total. The molecule has 1 aliphatic carbocycles. The number of hydrogen-bond acceptors (Lipinski definition) is 6. The number of carboxylic acid groups (broad SMARTS) is 1. The summed E-state index contributed by atoms with van der Waals surface area (Å²) in [6.07, 6.45) is 5.93. The first kappa shape index (κ1) is 26.5. The number of benzene rings is 1. The highest BCUT2D eigenvalue weighted by atomic mass is 35.5. The monoisotopic (exact) mass is 543 g/mol. The summed E-state index contributed by atoms with van der Waals surface area (Å²) in [6.45, 7) is 5.10. The van der Waals surface area contributed by atoms with Gasteiger partial charge in [-0.2, -0.15) is 0 Å². The average Bonchev–Trinajstić information content (AvgIpc) is 3.50. The van der Waals surface area contributed by atoms with E-state index in [0.717, 1.165) is 36.0 Å². The van der Waals surface area contributed by atoms with Gasteiger partial charge in [0.25, 0.3) is 0 Å². The van der Waals surface area contributed by atoms with Crippen molar-refractivity contribution in [2.45, 2.75) is 71.4 Å². The molecule has 10 heteroatoms. The topological polar surface area (TPSA) is 113 Å². The zero-order valence-electron chi connectivity index (χ0n) is 21.9. The van der Waals surface area contributed by atoms with Gasteiger partial charge in [0.2, 0.25) is 11.8 Å². The number of hydrogen-bond donors (Lipinski definition) is 1. The second-order valence-electron chi connectivity index (χ2n) is 10.9. The standard InChI is InChI=1S/C28H34ClN3O6/c1-17-15-38-30-21(17)16-37-23-9-8-20(29)18-10-13-32(22(25(18)23)14-31-12-5-7-24(31)33)26(34)19-6-3-4-11-28(19,2)27(35)36/h8-9,15,19,22H,3-7,10-14,16H2,1-2H3,(H,35,36)/t19-,22+,28-/m0/s1. The molecule has 0 bridgehead atoms. The number of aryl methyl sites for hydroxylation is 1. The summed E-state index contributed by atoms with van der Waals surface area (Å²) in [5.41, 5.74) is 2.09. The molecule has 0 spiro atoms. The molecule has 1 aromatic carbocycles. The van der Waals surface area contributed by atoms with Gasteiger partial charge in [-0.05, 0) is 57.2 Å². The van der Waals surface area contributed by atoms with E-state index in [1.165, 1.54) is 0 Å². The lowest BCUT2D eigenvalue weighted by molar-refractivity contribution is -0.162. The number of carbonyl (C=O) groups is 3. The molecule has 3 aliphatic rings. The molecule has 204 valence electrons. The van der Waals surface area contributed by atoms with Crippen LogP contribution < -0.4 is 4.74 Å². The minimum Gasteiger partial charge on any atom is -0.487 e. The van der Waals surface area contributed by atoms with Crippen LogP contribution in [0.1, 0.15) is 73.9 Å². The van der Waals surface area contributed by atoms with E-state index < -0.39 is 23.3 Å². The highest BCUT2D eigenvalue weighted by Crippen LogP contribution is 2.46. The van der Waals surface area contributed by atoms with Crippen molar-refractivity contribution in [3.05, 3.63) is 45.8 Å². The largest absolute Gasteiger partial charge is 0.487 e. The fourth-order valence-corrected chi connectivity index (χ4v) is 6.51. The van der Waals surface area contributed by atoms with E-state index in [1.54, 1.807) is 35.1 Å². The molecule has 1 aromatic heterocycles. The zero-order chi connectivity index (χ0) is 27.0. The van der Waals surface area contributed by atoms with Crippen LogP contribution >= 0.6 is 11.6 Å². The van der Waals surface area contributed by atoms with Crippen LogP contribution in [0.5, 0.6) is 5.75 Å². The third-order valence-corrected chi connectivity index (χ3v) is 8.98. The Bertz CT molecular complexity index is 1250. The molecular formula is C28H34ClN3O6. The van der Waals surface area contributed by atoms with E-state index in [9.17, 15) is 19.5 Å². The van der Waals surface area contributed by atoms with Crippen LogP contribution in [0.3, 0.4) is 0 Å². The van der Waals surface area contributed by atoms with Crippen molar-refractivity contribution in [3.63, 3.8) is 0 Å². The quantitative estimate of drug-likeness (QED) is 0.545. The number of fused-ring (bicyclic) bond motifs is 1. The Hall–Kier alpha value is -3.07. The third-order valence-electron chi connectivity index (χ3n) is 8.63. The fourth-order valence-electron chi connectivity index (χ4n) is 6.25. The van der Waals surface area contributed by atoms with Crippen molar-refractivity contribution in [1.29, 1.82) is 0 Å². The Kier molecular flexibility index (Phi) is 7.40. The first-order chi connectivity index (χ1) is 18.2. The lowest BCUT2D eigenvalue weighted by Gasteiger charge is -2.45. The molecular weight excluding hydrogens is 510 g/mol. The summed E-state index contributed by atoms with van der Waals surface area (Å²) >= 11 is 6.67. The Labute approximate surface area is 227 Å². The molecule has 2 aromatic rings. The number of halogens is 1. The van der Waals surface area contributed by atoms with Gasteiger partial charge in [-0.3, -0.25) is 14.4 Å². The predicted molar refractivity (Wildman–Crippen MR) is 139 cm³/mol. The maximum atomic E-state index is 14.2. The van der Waals surface area contributed by atoms with Crippen molar-refractivity contribution in [2.75, 3.05) is 19.6 Å². The van der Waals surface area contributed by atoms with Gasteiger partial charge < -0.3 is 24.2 Å². The summed E-state index contributed by atoms with van der Waals surface area (Å²) in [5, 5.41) is 14.7. The maximum Gasteiger partial charge on any atom is 0.310 e. The van der Waals surface area contributed by atoms with Gasteiger partial charge in [-0.1, -0.05) is 29.6 Å². The second-order valence-corrected chi connectivity index (χ2v) is 11.3. The van der Waals surface area contributed by atoms with Crippen molar-refractivity contribution in [1.82, 2.24) is 15.0 Å². The molecule has 5 rings (SSSR count). The molecule has 3 heterocycles. The van der Waals surface area contributed by atoms with Crippen LogP contribution in [0.2, 0.25) is 5.02 Å². The predicted octanol–water partition coefficient (Wildman–Crippen LogP) is 4.54. The molecule has 3 atom stereocenters. The summed E-state index contributed by atoms with van der Waals surface area (Å²) in [4.78, 5) is 42.8. The normalized spacial score (nSPS) is 25.4. The molecule has 2 amide bonds. The average molecular weight is 544 g/mol.